The quantitative estimate of drug-likeness (QED) is 0.767. The molecule has 1 N–H and O–H groups in total. The van der Waals surface area contributed by atoms with Crippen LogP contribution in [0.3, 0.4) is 0 Å². The summed E-state index contributed by atoms with van der Waals surface area (Å²) in [4.78, 5) is 14.7. The zero-order chi connectivity index (χ0) is 16.2. The van der Waals surface area contributed by atoms with Gasteiger partial charge < -0.3 is 5.32 Å². The highest BCUT2D eigenvalue weighted by Crippen LogP contribution is 2.17. The van der Waals surface area contributed by atoms with E-state index >= 15 is 0 Å². The average molecular weight is 424 g/mol. The number of nitrogens with zero attached hydrogens (tertiary/aromatic N) is 3. The first kappa shape index (κ1) is 16.4. The fourth-order valence-electron chi connectivity index (χ4n) is 2.87. The Bertz CT molecular complexity index is 674. The molecule has 5 nitrogen and oxygen atoms in total. The molecule has 1 aliphatic rings. The lowest BCUT2D eigenvalue weighted by Gasteiger charge is -2.26. The second kappa shape index (κ2) is 7.44. The van der Waals surface area contributed by atoms with Crippen molar-refractivity contribution in [2.45, 2.75) is 25.8 Å². The van der Waals surface area contributed by atoms with Crippen molar-refractivity contribution in [1.29, 1.82) is 0 Å². The van der Waals surface area contributed by atoms with Crippen molar-refractivity contribution >= 4 is 34.2 Å². The highest BCUT2D eigenvalue weighted by atomic mass is 127. The number of halogens is 1. The fourth-order valence-corrected chi connectivity index (χ4v) is 3.63. The number of hydrogen-bond acceptors (Lipinski definition) is 3. The summed E-state index contributed by atoms with van der Waals surface area (Å²) < 4.78 is 2.50. The van der Waals surface area contributed by atoms with Gasteiger partial charge in [-0.05, 0) is 66.2 Å². The molecule has 23 heavy (non-hydrogen) atoms. The number of anilines is 1. The van der Waals surface area contributed by atoms with E-state index < -0.39 is 0 Å². The lowest BCUT2D eigenvalue weighted by Crippen LogP contribution is -2.29. The van der Waals surface area contributed by atoms with Gasteiger partial charge in [-0.15, -0.1) is 0 Å². The molecule has 0 radical (unpaired) electrons. The molecular weight excluding hydrogens is 403 g/mol. The normalized spacial score (nSPS) is 15.6. The second-order valence-corrected chi connectivity index (χ2v) is 7.15. The summed E-state index contributed by atoms with van der Waals surface area (Å²) in [5.74, 6) is -0.168. The molecule has 3 rings (SSSR count). The molecule has 2 heterocycles. The number of piperidine rings is 1. The lowest BCUT2D eigenvalue weighted by atomic mass is 10.1. The minimum Gasteiger partial charge on any atom is -0.321 e. The maximum Gasteiger partial charge on any atom is 0.277 e. The second-order valence-electron chi connectivity index (χ2n) is 5.99. The van der Waals surface area contributed by atoms with E-state index in [2.05, 4.69) is 50.0 Å². The number of rotatable bonds is 4. The van der Waals surface area contributed by atoms with Crippen LogP contribution in [0.2, 0.25) is 0 Å². The van der Waals surface area contributed by atoms with E-state index in [9.17, 15) is 4.79 Å². The number of nitrogens with one attached hydrogen (secondary N) is 1. The summed E-state index contributed by atoms with van der Waals surface area (Å²) >= 11 is 2.13. The van der Waals surface area contributed by atoms with Gasteiger partial charge in [-0.1, -0.05) is 18.6 Å². The predicted molar refractivity (Wildman–Crippen MR) is 99.4 cm³/mol. The Morgan fingerprint density at radius 2 is 1.91 bits per heavy atom. The van der Waals surface area contributed by atoms with Crippen molar-refractivity contribution in [3.63, 3.8) is 0 Å². The van der Waals surface area contributed by atoms with Crippen LogP contribution in [0.15, 0.2) is 30.5 Å². The molecule has 1 aromatic heterocycles. The van der Waals surface area contributed by atoms with Crippen molar-refractivity contribution in [1.82, 2.24) is 14.7 Å². The molecule has 2 aromatic rings. The number of carbonyl (C=O) groups excluding carboxylic acids is 1. The van der Waals surface area contributed by atoms with Gasteiger partial charge in [0.05, 0.1) is 3.57 Å². The Morgan fingerprint density at radius 1 is 1.22 bits per heavy atom. The van der Waals surface area contributed by atoms with Gasteiger partial charge in [0.25, 0.3) is 5.91 Å². The molecule has 0 saturated carbocycles. The summed E-state index contributed by atoms with van der Waals surface area (Å²) in [6.07, 6.45) is 5.79. The molecular formula is C17H21IN4O. The van der Waals surface area contributed by atoms with E-state index in [1.165, 1.54) is 37.9 Å². The third-order valence-corrected chi connectivity index (χ3v) is 4.86. The Kier molecular flexibility index (Phi) is 5.32. The molecule has 1 amide bonds. The first-order valence-electron chi connectivity index (χ1n) is 7.93. The van der Waals surface area contributed by atoms with Gasteiger partial charge in [-0.2, -0.15) is 5.10 Å². The Morgan fingerprint density at radius 3 is 2.52 bits per heavy atom. The van der Waals surface area contributed by atoms with Gasteiger partial charge in [0.15, 0.2) is 5.69 Å². The lowest BCUT2D eigenvalue weighted by molar-refractivity contribution is 0.102. The monoisotopic (exact) mass is 424 g/mol. The van der Waals surface area contributed by atoms with Crippen molar-refractivity contribution in [3.05, 3.63) is 45.3 Å². The summed E-state index contributed by atoms with van der Waals surface area (Å²) in [5.41, 5.74) is 2.56. The Balaban J connectivity index is 1.60. The van der Waals surface area contributed by atoms with E-state index in [1.807, 2.05) is 25.4 Å². The van der Waals surface area contributed by atoms with E-state index in [0.717, 1.165) is 15.8 Å². The van der Waals surface area contributed by atoms with Crippen LogP contribution in [-0.4, -0.2) is 33.7 Å². The maximum atomic E-state index is 12.3. The highest BCUT2D eigenvalue weighted by molar-refractivity contribution is 14.1. The van der Waals surface area contributed by atoms with Crippen LogP contribution < -0.4 is 5.32 Å². The molecule has 0 unspecified atom stereocenters. The van der Waals surface area contributed by atoms with Gasteiger partial charge in [-0.25, -0.2) is 0 Å². The van der Waals surface area contributed by atoms with Crippen molar-refractivity contribution in [2.24, 2.45) is 7.05 Å². The molecule has 0 spiro atoms. The Hall–Kier alpha value is -1.41. The number of aryl methyl sites for hydroxylation is 1. The zero-order valence-electron chi connectivity index (χ0n) is 13.3. The van der Waals surface area contributed by atoms with Gasteiger partial charge in [0, 0.05) is 25.5 Å². The van der Waals surface area contributed by atoms with E-state index in [-0.39, 0.29) is 5.91 Å². The SMILES string of the molecule is Cn1cc(I)c(C(=O)Nc2ccc(CN3CCCCC3)cc2)n1. The van der Waals surface area contributed by atoms with Crippen molar-refractivity contribution in [2.75, 3.05) is 18.4 Å². The number of carbonyl (C=O) groups is 1. The maximum absolute atomic E-state index is 12.3. The smallest absolute Gasteiger partial charge is 0.277 e. The van der Waals surface area contributed by atoms with Gasteiger partial charge in [0.1, 0.15) is 0 Å². The molecule has 6 heteroatoms. The van der Waals surface area contributed by atoms with Crippen LogP contribution in [0.4, 0.5) is 5.69 Å². The van der Waals surface area contributed by atoms with Crippen LogP contribution in [0.1, 0.15) is 35.3 Å². The average Bonchev–Trinajstić information content (AvgIpc) is 2.89. The standard InChI is InChI=1S/C17H21IN4O/c1-21-12-15(18)16(20-21)17(23)19-14-7-5-13(6-8-14)11-22-9-3-2-4-10-22/h5-8,12H,2-4,9-11H2,1H3,(H,19,23). The number of aromatic nitrogens is 2. The molecule has 0 aliphatic carbocycles. The van der Waals surface area contributed by atoms with Crippen molar-refractivity contribution < 1.29 is 4.79 Å². The number of likely N-dealkylation sites (tertiary alicyclic amines) is 1. The topological polar surface area (TPSA) is 50.2 Å². The molecule has 1 aliphatic heterocycles. The molecule has 1 fully saturated rings. The molecule has 122 valence electrons. The minimum absolute atomic E-state index is 0.168. The van der Waals surface area contributed by atoms with Gasteiger partial charge in [-0.3, -0.25) is 14.4 Å². The number of amides is 1. The third kappa shape index (κ3) is 4.32. The summed E-state index contributed by atoms with van der Waals surface area (Å²) in [6.45, 7) is 3.37. The minimum atomic E-state index is -0.168. The fraction of sp³-hybridized carbons (Fsp3) is 0.412. The number of hydrogen-bond donors (Lipinski definition) is 1. The predicted octanol–water partition coefficient (Wildman–Crippen LogP) is 3.26. The van der Waals surface area contributed by atoms with Gasteiger partial charge in [0.2, 0.25) is 0 Å². The van der Waals surface area contributed by atoms with Crippen LogP contribution in [0.25, 0.3) is 0 Å². The first-order chi connectivity index (χ1) is 11.1. The highest BCUT2D eigenvalue weighted by Gasteiger charge is 2.15. The largest absolute Gasteiger partial charge is 0.321 e. The summed E-state index contributed by atoms with van der Waals surface area (Å²) in [7, 11) is 1.81. The van der Waals surface area contributed by atoms with E-state index in [0.29, 0.717) is 5.69 Å². The molecule has 0 bridgehead atoms. The third-order valence-electron chi connectivity index (χ3n) is 4.07. The van der Waals surface area contributed by atoms with E-state index in [4.69, 9.17) is 0 Å². The molecule has 0 atom stereocenters. The summed E-state index contributed by atoms with van der Waals surface area (Å²) in [6, 6.07) is 8.11. The summed E-state index contributed by atoms with van der Waals surface area (Å²) in [5, 5.41) is 7.10. The van der Waals surface area contributed by atoms with E-state index in [1.54, 1.807) is 4.68 Å². The molecule has 1 saturated heterocycles. The van der Waals surface area contributed by atoms with Crippen LogP contribution in [0, 0.1) is 3.57 Å². The first-order valence-corrected chi connectivity index (χ1v) is 9.01. The van der Waals surface area contributed by atoms with Crippen LogP contribution in [-0.2, 0) is 13.6 Å². The number of benzene rings is 1. The molecule has 1 aromatic carbocycles. The Labute approximate surface area is 150 Å². The van der Waals surface area contributed by atoms with Crippen LogP contribution in [0.5, 0.6) is 0 Å². The van der Waals surface area contributed by atoms with Gasteiger partial charge >= 0.3 is 0 Å². The zero-order valence-corrected chi connectivity index (χ0v) is 15.4. The van der Waals surface area contributed by atoms with Crippen molar-refractivity contribution in [3.8, 4) is 0 Å². The van der Waals surface area contributed by atoms with Crippen LogP contribution >= 0.6 is 22.6 Å².